The zero-order chi connectivity index (χ0) is 15.9. The number of hydrogen-bond donors (Lipinski definition) is 1. The standard InChI is InChI=1S/C15H12BrNO4S/c16-13-7-6-12(22-13)11(18)9-21-14(19)8-17-15(20)10-4-2-1-3-5-10/h1-7H,8-9H2,(H,17,20). The van der Waals surface area contributed by atoms with Crippen LogP contribution in [-0.4, -0.2) is 30.8 Å². The van der Waals surface area contributed by atoms with E-state index in [-0.39, 0.29) is 24.8 Å². The minimum atomic E-state index is -0.659. The van der Waals surface area contributed by atoms with E-state index in [0.717, 1.165) is 3.79 Å². The normalized spacial score (nSPS) is 10.0. The number of halogens is 1. The van der Waals surface area contributed by atoms with E-state index >= 15 is 0 Å². The summed E-state index contributed by atoms with van der Waals surface area (Å²) < 4.78 is 5.67. The van der Waals surface area contributed by atoms with Gasteiger partial charge in [-0.15, -0.1) is 11.3 Å². The molecule has 0 atom stereocenters. The van der Waals surface area contributed by atoms with Gasteiger partial charge in [0.15, 0.2) is 6.61 Å². The number of ketones is 1. The highest BCUT2D eigenvalue weighted by molar-refractivity contribution is 9.11. The Hall–Kier alpha value is -1.99. The molecule has 0 spiro atoms. The molecule has 1 N–H and O–H groups in total. The number of nitrogens with one attached hydrogen (secondary N) is 1. The van der Waals surface area contributed by atoms with Crippen LogP contribution in [0.1, 0.15) is 20.0 Å². The van der Waals surface area contributed by atoms with Gasteiger partial charge in [-0.1, -0.05) is 18.2 Å². The second-order valence-electron chi connectivity index (χ2n) is 4.24. The second kappa shape index (κ2) is 7.86. The largest absolute Gasteiger partial charge is 0.456 e. The number of carbonyl (C=O) groups is 3. The van der Waals surface area contributed by atoms with E-state index < -0.39 is 5.97 Å². The second-order valence-corrected chi connectivity index (χ2v) is 6.70. The number of rotatable bonds is 6. The highest BCUT2D eigenvalue weighted by atomic mass is 79.9. The van der Waals surface area contributed by atoms with Gasteiger partial charge in [0, 0.05) is 5.56 Å². The van der Waals surface area contributed by atoms with Crippen LogP contribution >= 0.6 is 27.3 Å². The van der Waals surface area contributed by atoms with Crippen molar-refractivity contribution in [3.05, 3.63) is 56.7 Å². The van der Waals surface area contributed by atoms with Gasteiger partial charge < -0.3 is 10.1 Å². The molecule has 1 aromatic carbocycles. The number of Topliss-reactive ketones (excluding diaryl/α,β-unsaturated/α-hetero) is 1. The summed E-state index contributed by atoms with van der Waals surface area (Å²) >= 11 is 4.52. The van der Waals surface area contributed by atoms with Crippen LogP contribution in [0.3, 0.4) is 0 Å². The molecule has 0 aliphatic rings. The first-order chi connectivity index (χ1) is 10.6. The van der Waals surface area contributed by atoms with E-state index in [1.54, 1.807) is 42.5 Å². The number of carbonyl (C=O) groups excluding carboxylic acids is 3. The topological polar surface area (TPSA) is 72.5 Å². The number of hydrogen-bond acceptors (Lipinski definition) is 5. The molecule has 0 bridgehead atoms. The Bertz CT molecular complexity index is 684. The van der Waals surface area contributed by atoms with Crippen molar-refractivity contribution in [3.63, 3.8) is 0 Å². The Morgan fingerprint density at radius 3 is 2.45 bits per heavy atom. The molecule has 0 aliphatic carbocycles. The van der Waals surface area contributed by atoms with Crippen molar-refractivity contribution in [1.82, 2.24) is 5.32 Å². The molecule has 0 aliphatic heterocycles. The first-order valence-electron chi connectivity index (χ1n) is 6.33. The van der Waals surface area contributed by atoms with Crippen molar-refractivity contribution in [2.45, 2.75) is 0 Å². The third kappa shape index (κ3) is 4.78. The van der Waals surface area contributed by atoms with E-state index in [9.17, 15) is 14.4 Å². The molecule has 22 heavy (non-hydrogen) atoms. The lowest BCUT2D eigenvalue weighted by Gasteiger charge is -2.05. The van der Waals surface area contributed by atoms with Gasteiger partial charge in [-0.05, 0) is 40.2 Å². The first-order valence-corrected chi connectivity index (χ1v) is 7.94. The van der Waals surface area contributed by atoms with Crippen molar-refractivity contribution in [1.29, 1.82) is 0 Å². The molecule has 0 saturated heterocycles. The summed E-state index contributed by atoms with van der Waals surface area (Å²) in [4.78, 5) is 35.5. The quantitative estimate of drug-likeness (QED) is 0.616. The molecule has 1 aromatic heterocycles. The Labute approximate surface area is 139 Å². The fourth-order valence-corrected chi connectivity index (χ4v) is 2.89. The van der Waals surface area contributed by atoms with Crippen LogP contribution in [0.2, 0.25) is 0 Å². The summed E-state index contributed by atoms with van der Waals surface area (Å²) in [5, 5.41) is 2.44. The maximum atomic E-state index is 11.7. The molecule has 1 heterocycles. The van der Waals surface area contributed by atoms with Gasteiger partial charge in [-0.3, -0.25) is 14.4 Å². The SMILES string of the molecule is O=C(CNC(=O)c1ccccc1)OCC(=O)c1ccc(Br)s1. The molecule has 7 heteroatoms. The smallest absolute Gasteiger partial charge is 0.325 e. The summed E-state index contributed by atoms with van der Waals surface area (Å²) in [6, 6.07) is 11.9. The number of esters is 1. The van der Waals surface area contributed by atoms with E-state index in [2.05, 4.69) is 21.2 Å². The molecule has 114 valence electrons. The van der Waals surface area contributed by atoms with Crippen LogP contribution < -0.4 is 5.32 Å². The van der Waals surface area contributed by atoms with Crippen LogP contribution in [-0.2, 0) is 9.53 Å². The molecular weight excluding hydrogens is 370 g/mol. The average molecular weight is 382 g/mol. The molecule has 2 aromatic rings. The van der Waals surface area contributed by atoms with E-state index in [1.165, 1.54) is 11.3 Å². The van der Waals surface area contributed by atoms with Gasteiger partial charge in [-0.25, -0.2) is 0 Å². The molecule has 1 amide bonds. The monoisotopic (exact) mass is 381 g/mol. The highest BCUT2D eigenvalue weighted by Gasteiger charge is 2.13. The average Bonchev–Trinajstić information content (AvgIpc) is 2.97. The molecule has 2 rings (SSSR count). The third-order valence-corrected chi connectivity index (χ3v) is 4.31. The fraction of sp³-hybridized carbons (Fsp3) is 0.133. The van der Waals surface area contributed by atoms with Gasteiger partial charge in [-0.2, -0.15) is 0 Å². The number of benzene rings is 1. The van der Waals surface area contributed by atoms with Gasteiger partial charge in [0.05, 0.1) is 8.66 Å². The lowest BCUT2D eigenvalue weighted by Crippen LogP contribution is -2.31. The van der Waals surface area contributed by atoms with E-state index in [1.807, 2.05) is 0 Å². The fourth-order valence-electron chi connectivity index (χ4n) is 1.58. The lowest BCUT2D eigenvalue weighted by molar-refractivity contribution is -0.141. The molecule has 0 radical (unpaired) electrons. The van der Waals surface area contributed by atoms with Crippen LogP contribution in [0.5, 0.6) is 0 Å². The Kier molecular flexibility index (Phi) is 5.85. The Morgan fingerprint density at radius 2 is 1.82 bits per heavy atom. The van der Waals surface area contributed by atoms with Crippen LogP contribution in [0.15, 0.2) is 46.3 Å². The molecule has 0 saturated carbocycles. The Morgan fingerprint density at radius 1 is 1.09 bits per heavy atom. The summed E-state index contributed by atoms with van der Waals surface area (Å²) in [5.41, 5.74) is 0.454. The van der Waals surface area contributed by atoms with Gasteiger partial charge >= 0.3 is 5.97 Å². The summed E-state index contributed by atoms with van der Waals surface area (Å²) in [5.74, 6) is -1.31. The van der Waals surface area contributed by atoms with Crippen molar-refractivity contribution >= 4 is 44.9 Å². The van der Waals surface area contributed by atoms with Gasteiger partial charge in [0.1, 0.15) is 6.54 Å². The van der Waals surface area contributed by atoms with Crippen LogP contribution in [0.25, 0.3) is 0 Å². The maximum Gasteiger partial charge on any atom is 0.325 e. The molecule has 0 fully saturated rings. The summed E-state index contributed by atoms with van der Waals surface area (Å²) in [7, 11) is 0. The van der Waals surface area contributed by atoms with Gasteiger partial charge in [0.25, 0.3) is 5.91 Å². The van der Waals surface area contributed by atoms with Crippen LogP contribution in [0, 0.1) is 0 Å². The highest BCUT2D eigenvalue weighted by Crippen LogP contribution is 2.22. The minimum absolute atomic E-state index is 0.279. The van der Waals surface area contributed by atoms with Crippen molar-refractivity contribution in [2.24, 2.45) is 0 Å². The molecule has 5 nitrogen and oxygen atoms in total. The van der Waals surface area contributed by atoms with Crippen molar-refractivity contribution in [3.8, 4) is 0 Å². The van der Waals surface area contributed by atoms with Gasteiger partial charge in [0.2, 0.25) is 5.78 Å². The van der Waals surface area contributed by atoms with Crippen molar-refractivity contribution < 1.29 is 19.1 Å². The number of thiophene rings is 1. The zero-order valence-corrected chi connectivity index (χ0v) is 13.8. The summed E-state index contributed by atoms with van der Waals surface area (Å²) in [6.45, 7) is -0.623. The number of amides is 1. The number of ether oxygens (including phenoxy) is 1. The van der Waals surface area contributed by atoms with Crippen molar-refractivity contribution in [2.75, 3.05) is 13.2 Å². The van der Waals surface area contributed by atoms with Crippen LogP contribution in [0.4, 0.5) is 0 Å². The summed E-state index contributed by atoms with van der Waals surface area (Å²) in [6.07, 6.45) is 0. The third-order valence-electron chi connectivity index (χ3n) is 2.64. The molecular formula is C15H12BrNO4S. The first kappa shape index (κ1) is 16.4. The molecule has 0 unspecified atom stereocenters. The minimum Gasteiger partial charge on any atom is -0.456 e. The van der Waals surface area contributed by atoms with E-state index in [0.29, 0.717) is 10.4 Å². The maximum absolute atomic E-state index is 11.7. The predicted molar refractivity (Wildman–Crippen MR) is 86.1 cm³/mol. The lowest BCUT2D eigenvalue weighted by atomic mass is 10.2. The zero-order valence-electron chi connectivity index (χ0n) is 11.4. The van der Waals surface area contributed by atoms with E-state index in [4.69, 9.17) is 4.74 Å². The predicted octanol–water partition coefficient (Wildman–Crippen LogP) is 2.67. The Balaban J connectivity index is 1.74.